The van der Waals surface area contributed by atoms with Crippen LogP contribution in [0.25, 0.3) is 0 Å². The van der Waals surface area contributed by atoms with Gasteiger partial charge in [-0.05, 0) is 37.8 Å². The lowest BCUT2D eigenvalue weighted by Crippen LogP contribution is -2.24. The zero-order valence-corrected chi connectivity index (χ0v) is 17.5. The van der Waals surface area contributed by atoms with Gasteiger partial charge in [-0.3, -0.25) is 4.99 Å². The molecule has 0 bridgehead atoms. The summed E-state index contributed by atoms with van der Waals surface area (Å²) in [4.78, 5) is 10.2. The molecule has 1 aromatic heterocycles. The number of nitrogens with zero attached hydrogens (tertiary/aromatic N) is 2. The van der Waals surface area contributed by atoms with E-state index in [1.165, 1.54) is 41.6 Å². The number of aromatic nitrogens is 1. The first kappa shape index (κ1) is 21.7. The molecule has 1 heterocycles. The van der Waals surface area contributed by atoms with E-state index in [4.69, 9.17) is 5.73 Å². The summed E-state index contributed by atoms with van der Waals surface area (Å²) < 4.78 is 41.3. The molecule has 5 nitrogen and oxygen atoms in total. The van der Waals surface area contributed by atoms with E-state index in [1.54, 1.807) is 17.4 Å². The van der Waals surface area contributed by atoms with Crippen LogP contribution in [0.3, 0.4) is 0 Å². The Labute approximate surface area is 176 Å². The van der Waals surface area contributed by atoms with Crippen LogP contribution in [0.2, 0.25) is 0 Å². The number of anilines is 1. The predicted octanol–water partition coefficient (Wildman–Crippen LogP) is 4.51. The molecule has 0 atom stereocenters. The summed E-state index contributed by atoms with van der Waals surface area (Å²) in [6.45, 7) is 0.410. The lowest BCUT2D eigenvalue weighted by molar-refractivity contribution is -0.274. The standard InChI is InChI=1S/C17H19F3N4OS.HI/c18-17(19,20)25-13-7-3-1-5-11(13)24-16(21)22-10-9-15-23-12-6-2-4-8-14(12)26-15;/h1,3,5,7H,2,4,6,8-10H2,(H3,21,22,24);1H. The second kappa shape index (κ2) is 9.58. The monoisotopic (exact) mass is 512 g/mol. The Hall–Kier alpha value is -1.56. The second-order valence-corrected chi connectivity index (χ2v) is 7.04. The Morgan fingerprint density at radius 2 is 2.00 bits per heavy atom. The number of para-hydroxylation sites is 2. The average molecular weight is 512 g/mol. The number of aliphatic imine (C=N–C) groups is 1. The molecular weight excluding hydrogens is 492 g/mol. The first-order chi connectivity index (χ1) is 12.4. The first-order valence-electron chi connectivity index (χ1n) is 8.30. The van der Waals surface area contributed by atoms with Crippen LogP contribution < -0.4 is 15.8 Å². The molecule has 1 aromatic carbocycles. The molecule has 1 aliphatic rings. The lowest BCUT2D eigenvalue weighted by atomic mass is 10.0. The molecule has 0 spiro atoms. The number of halogens is 4. The number of benzene rings is 1. The number of nitrogens with one attached hydrogen (secondary N) is 1. The molecule has 0 radical (unpaired) electrons. The number of nitrogens with two attached hydrogens (primary N) is 1. The summed E-state index contributed by atoms with van der Waals surface area (Å²) >= 11 is 1.71. The van der Waals surface area contributed by atoms with Crippen molar-refractivity contribution in [3.63, 3.8) is 0 Å². The fourth-order valence-electron chi connectivity index (χ4n) is 2.75. The first-order valence-corrected chi connectivity index (χ1v) is 9.11. The number of fused-ring (bicyclic) bond motifs is 1. The third-order valence-corrected chi connectivity index (χ3v) is 5.09. The molecule has 10 heteroatoms. The van der Waals surface area contributed by atoms with E-state index < -0.39 is 6.36 Å². The van der Waals surface area contributed by atoms with E-state index in [0.717, 1.165) is 17.8 Å². The molecule has 3 N–H and O–H groups in total. The van der Waals surface area contributed by atoms with Crippen LogP contribution in [0, 0.1) is 0 Å². The minimum atomic E-state index is -4.77. The SMILES string of the molecule is I.NC(=NCCc1nc2c(s1)CCCC2)Nc1ccccc1OC(F)(F)F. The number of ether oxygens (including phenoxy) is 1. The molecule has 0 aliphatic heterocycles. The van der Waals surface area contributed by atoms with Crippen LogP contribution >= 0.6 is 35.3 Å². The van der Waals surface area contributed by atoms with Gasteiger partial charge >= 0.3 is 6.36 Å². The van der Waals surface area contributed by atoms with Gasteiger partial charge in [-0.2, -0.15) is 0 Å². The fraction of sp³-hybridized carbons (Fsp3) is 0.412. The van der Waals surface area contributed by atoms with E-state index >= 15 is 0 Å². The summed E-state index contributed by atoms with van der Waals surface area (Å²) in [5.74, 6) is -0.324. The number of alkyl halides is 3. The van der Waals surface area contributed by atoms with Crippen LogP contribution in [-0.4, -0.2) is 23.9 Å². The smallest absolute Gasteiger partial charge is 0.404 e. The van der Waals surface area contributed by atoms with Gasteiger partial charge in [0.2, 0.25) is 0 Å². The Balaban J connectivity index is 0.00000261. The summed E-state index contributed by atoms with van der Waals surface area (Å²) in [5, 5.41) is 3.68. The quantitative estimate of drug-likeness (QED) is 0.352. The highest BCUT2D eigenvalue weighted by Crippen LogP contribution is 2.30. The summed E-state index contributed by atoms with van der Waals surface area (Å²) in [7, 11) is 0. The number of hydrogen-bond donors (Lipinski definition) is 2. The van der Waals surface area contributed by atoms with Gasteiger partial charge < -0.3 is 15.8 Å². The maximum atomic E-state index is 12.4. The Morgan fingerprint density at radius 1 is 1.26 bits per heavy atom. The van der Waals surface area contributed by atoms with Crippen LogP contribution in [0.15, 0.2) is 29.3 Å². The molecule has 0 saturated carbocycles. The van der Waals surface area contributed by atoms with Gasteiger partial charge in [-0.15, -0.1) is 48.5 Å². The van der Waals surface area contributed by atoms with E-state index in [-0.39, 0.29) is 41.4 Å². The largest absolute Gasteiger partial charge is 0.573 e. The predicted molar refractivity (Wildman–Crippen MR) is 111 cm³/mol. The molecule has 2 aromatic rings. The van der Waals surface area contributed by atoms with Crippen molar-refractivity contribution in [3.05, 3.63) is 39.8 Å². The van der Waals surface area contributed by atoms with Gasteiger partial charge in [0.05, 0.1) is 16.4 Å². The minimum absolute atomic E-state index is 0. The molecule has 0 saturated heterocycles. The molecule has 0 unspecified atom stereocenters. The van der Waals surface area contributed by atoms with E-state index in [1.807, 2.05) is 0 Å². The van der Waals surface area contributed by atoms with Gasteiger partial charge in [0.1, 0.15) is 0 Å². The summed E-state index contributed by atoms with van der Waals surface area (Å²) in [6, 6.07) is 5.68. The molecule has 148 valence electrons. The highest BCUT2D eigenvalue weighted by molar-refractivity contribution is 14.0. The van der Waals surface area contributed by atoms with Crippen molar-refractivity contribution in [2.24, 2.45) is 10.7 Å². The topological polar surface area (TPSA) is 72.5 Å². The number of hydrogen-bond acceptors (Lipinski definition) is 4. The maximum Gasteiger partial charge on any atom is 0.573 e. The van der Waals surface area contributed by atoms with Crippen molar-refractivity contribution in [1.82, 2.24) is 4.98 Å². The second-order valence-electron chi connectivity index (χ2n) is 5.87. The molecule has 1 aliphatic carbocycles. The van der Waals surface area contributed by atoms with Gasteiger partial charge in [0, 0.05) is 17.8 Å². The van der Waals surface area contributed by atoms with Crippen molar-refractivity contribution < 1.29 is 17.9 Å². The summed E-state index contributed by atoms with van der Waals surface area (Å²) in [6.07, 6.45) is 0.410. The van der Waals surface area contributed by atoms with Gasteiger partial charge in [0.15, 0.2) is 11.7 Å². The van der Waals surface area contributed by atoms with Crippen molar-refractivity contribution in [3.8, 4) is 5.75 Å². The maximum absolute atomic E-state index is 12.4. The van der Waals surface area contributed by atoms with Gasteiger partial charge in [-0.1, -0.05) is 12.1 Å². The highest BCUT2D eigenvalue weighted by Gasteiger charge is 2.32. The number of guanidine groups is 1. The van der Waals surface area contributed by atoms with E-state index in [0.29, 0.717) is 13.0 Å². The highest BCUT2D eigenvalue weighted by atomic mass is 127. The molecule has 3 rings (SSSR count). The van der Waals surface area contributed by atoms with Crippen molar-refractivity contribution in [2.45, 2.75) is 38.5 Å². The fourth-order valence-corrected chi connectivity index (χ4v) is 3.89. The minimum Gasteiger partial charge on any atom is -0.404 e. The van der Waals surface area contributed by atoms with Crippen LogP contribution in [0.1, 0.15) is 28.4 Å². The van der Waals surface area contributed by atoms with Crippen LogP contribution in [0.5, 0.6) is 5.75 Å². The number of rotatable bonds is 5. The Kier molecular flexibility index (Phi) is 7.71. The molecule has 0 fully saturated rings. The third-order valence-electron chi connectivity index (χ3n) is 3.87. The summed E-state index contributed by atoms with van der Waals surface area (Å²) in [5.41, 5.74) is 7.09. The van der Waals surface area contributed by atoms with Crippen LogP contribution in [0.4, 0.5) is 18.9 Å². The van der Waals surface area contributed by atoms with Crippen LogP contribution in [-0.2, 0) is 19.3 Å². The molecular formula is C17H20F3IN4OS. The van der Waals surface area contributed by atoms with Crippen molar-refractivity contribution in [2.75, 3.05) is 11.9 Å². The molecule has 27 heavy (non-hydrogen) atoms. The lowest BCUT2D eigenvalue weighted by Gasteiger charge is -2.14. The zero-order chi connectivity index (χ0) is 18.6. The van der Waals surface area contributed by atoms with Gasteiger partial charge in [-0.25, -0.2) is 4.98 Å². The Morgan fingerprint density at radius 3 is 2.74 bits per heavy atom. The third kappa shape index (κ3) is 6.52. The van der Waals surface area contributed by atoms with E-state index in [9.17, 15) is 13.2 Å². The number of thiazole rings is 1. The van der Waals surface area contributed by atoms with Gasteiger partial charge in [0.25, 0.3) is 0 Å². The normalized spacial score (nSPS) is 14.3. The van der Waals surface area contributed by atoms with Crippen molar-refractivity contribution in [1.29, 1.82) is 0 Å². The van der Waals surface area contributed by atoms with Crippen molar-refractivity contribution >= 4 is 47.0 Å². The number of aryl methyl sites for hydroxylation is 2. The molecule has 0 amide bonds. The van der Waals surface area contributed by atoms with E-state index in [2.05, 4.69) is 20.0 Å². The Bertz CT molecular complexity index is 771. The zero-order valence-electron chi connectivity index (χ0n) is 14.4. The average Bonchev–Trinajstić information content (AvgIpc) is 2.98.